The number of carbonyl (C=O) groups excluding carboxylic acids is 2. The average Bonchev–Trinajstić information content (AvgIpc) is 3.23. The van der Waals surface area contributed by atoms with Gasteiger partial charge in [-0.25, -0.2) is 0 Å². The molecule has 1 saturated heterocycles. The van der Waals surface area contributed by atoms with Crippen LogP contribution in [0.4, 0.5) is 0 Å². The van der Waals surface area contributed by atoms with Gasteiger partial charge in [0.05, 0.1) is 38.2 Å². The highest BCUT2D eigenvalue weighted by Gasteiger charge is 2.27. The minimum absolute atomic E-state index is 0.101. The summed E-state index contributed by atoms with van der Waals surface area (Å²) in [5.74, 6) is 1.00. The van der Waals surface area contributed by atoms with Crippen molar-refractivity contribution in [2.45, 2.75) is 6.54 Å². The fourth-order valence-corrected chi connectivity index (χ4v) is 3.98. The van der Waals surface area contributed by atoms with E-state index in [0.29, 0.717) is 26.2 Å². The smallest absolute Gasteiger partial charge is 0.277 e. The monoisotopic (exact) mass is 388 g/mol. The number of nitrogens with one attached hydrogen (secondary N) is 1. The highest BCUT2D eigenvalue weighted by Crippen LogP contribution is 2.18. The Morgan fingerprint density at radius 3 is 2.59 bits per heavy atom. The molecule has 3 rings (SSSR count). The quantitative estimate of drug-likeness (QED) is 0.795. The molecule has 27 heavy (non-hydrogen) atoms. The van der Waals surface area contributed by atoms with Crippen LogP contribution in [0.3, 0.4) is 0 Å². The van der Waals surface area contributed by atoms with Crippen molar-refractivity contribution in [2.75, 3.05) is 46.9 Å². The zero-order valence-corrected chi connectivity index (χ0v) is 16.6. The zero-order chi connectivity index (χ0) is 19.2. The van der Waals surface area contributed by atoms with Gasteiger partial charge >= 0.3 is 0 Å². The number of rotatable bonds is 6. The Bertz CT molecular complexity index is 771. The number of methoxy groups -OCH3 is 1. The number of ether oxygens (including phenoxy) is 1. The maximum absolute atomic E-state index is 12.6. The number of amides is 2. The van der Waals surface area contributed by atoms with Crippen molar-refractivity contribution < 1.29 is 19.2 Å². The largest absolute Gasteiger partial charge is 0.496 e. The summed E-state index contributed by atoms with van der Waals surface area (Å²) in [5.41, 5.74) is 0.997. The Balaban J connectivity index is 1.48. The Kier molecular flexibility index (Phi) is 6.47. The van der Waals surface area contributed by atoms with Crippen molar-refractivity contribution >= 4 is 23.2 Å². The van der Waals surface area contributed by atoms with E-state index in [1.54, 1.807) is 12.0 Å². The van der Waals surface area contributed by atoms with Gasteiger partial charge in [0.15, 0.2) is 6.54 Å². The van der Waals surface area contributed by atoms with Gasteiger partial charge in [0.25, 0.3) is 11.8 Å². The van der Waals surface area contributed by atoms with Gasteiger partial charge in [-0.05, 0) is 17.5 Å². The van der Waals surface area contributed by atoms with E-state index in [-0.39, 0.29) is 11.8 Å². The number of nitrogens with zero attached hydrogens (tertiary/aromatic N) is 2. The molecule has 1 aromatic carbocycles. The summed E-state index contributed by atoms with van der Waals surface area (Å²) in [4.78, 5) is 30.6. The number of hydrogen-bond donors (Lipinski definition) is 1. The van der Waals surface area contributed by atoms with Gasteiger partial charge in [-0.1, -0.05) is 24.3 Å². The number of quaternary nitrogens is 1. The maximum atomic E-state index is 12.6. The van der Waals surface area contributed by atoms with Gasteiger partial charge in [-0.3, -0.25) is 9.59 Å². The summed E-state index contributed by atoms with van der Waals surface area (Å²) in [5, 5.41) is 1.92. The summed E-state index contributed by atoms with van der Waals surface area (Å²) < 4.78 is 5.36. The van der Waals surface area contributed by atoms with Gasteiger partial charge in [0, 0.05) is 19.2 Å². The van der Waals surface area contributed by atoms with E-state index in [4.69, 9.17) is 4.74 Å². The molecule has 2 aromatic rings. The van der Waals surface area contributed by atoms with Crippen molar-refractivity contribution in [3.05, 3.63) is 52.2 Å². The highest BCUT2D eigenvalue weighted by atomic mass is 32.1. The fourth-order valence-electron chi connectivity index (χ4n) is 3.29. The normalized spacial score (nSPS) is 14.8. The minimum Gasteiger partial charge on any atom is -0.496 e. The van der Waals surface area contributed by atoms with Crippen LogP contribution >= 0.6 is 11.3 Å². The van der Waals surface area contributed by atoms with Crippen LogP contribution in [0.5, 0.6) is 5.75 Å². The number of para-hydroxylation sites is 1. The lowest BCUT2D eigenvalue weighted by Crippen LogP contribution is -3.15. The Labute approximate surface area is 163 Å². The van der Waals surface area contributed by atoms with Crippen molar-refractivity contribution in [1.82, 2.24) is 9.80 Å². The van der Waals surface area contributed by atoms with Crippen LogP contribution in [-0.2, 0) is 11.3 Å². The van der Waals surface area contributed by atoms with E-state index in [1.807, 2.05) is 53.7 Å². The molecule has 1 fully saturated rings. The Morgan fingerprint density at radius 1 is 1.19 bits per heavy atom. The lowest BCUT2D eigenvalue weighted by molar-refractivity contribution is -0.896. The molecule has 1 aliphatic rings. The molecule has 2 heterocycles. The third-order valence-electron chi connectivity index (χ3n) is 4.92. The molecular formula is C20H26N3O3S+. The lowest BCUT2D eigenvalue weighted by atomic mass is 10.2. The van der Waals surface area contributed by atoms with Gasteiger partial charge in [0.1, 0.15) is 5.75 Å². The molecule has 0 atom stereocenters. The summed E-state index contributed by atoms with van der Waals surface area (Å²) in [7, 11) is 3.46. The van der Waals surface area contributed by atoms with Crippen LogP contribution in [0.1, 0.15) is 15.2 Å². The molecule has 0 saturated carbocycles. The number of carbonyl (C=O) groups is 2. The van der Waals surface area contributed by atoms with Crippen molar-refractivity contribution in [3.63, 3.8) is 0 Å². The molecule has 0 spiro atoms. The minimum atomic E-state index is 0.101. The maximum Gasteiger partial charge on any atom is 0.277 e. The van der Waals surface area contributed by atoms with Crippen LogP contribution in [0, 0.1) is 0 Å². The second kappa shape index (κ2) is 9.01. The van der Waals surface area contributed by atoms with Crippen LogP contribution in [0.15, 0.2) is 41.8 Å². The van der Waals surface area contributed by atoms with Crippen LogP contribution < -0.4 is 9.64 Å². The summed E-state index contributed by atoms with van der Waals surface area (Å²) in [6, 6.07) is 11.5. The standard InChI is InChI=1S/C20H25N3O3S/c1-21(14-16-6-3-4-7-17(16)26-2)19(24)15-22-9-11-23(12-10-22)20(25)18-8-5-13-27-18/h3-8,13H,9-12,14-15H2,1-2H3/p+1. The first kappa shape index (κ1) is 19.4. The molecule has 6 nitrogen and oxygen atoms in total. The van der Waals surface area contributed by atoms with Gasteiger partial charge in [-0.2, -0.15) is 0 Å². The van der Waals surface area contributed by atoms with Crippen molar-refractivity contribution in [3.8, 4) is 5.75 Å². The van der Waals surface area contributed by atoms with E-state index in [1.165, 1.54) is 16.2 Å². The first-order chi connectivity index (χ1) is 13.1. The van der Waals surface area contributed by atoms with E-state index >= 15 is 0 Å². The molecule has 2 amide bonds. The third kappa shape index (κ3) is 4.87. The number of benzene rings is 1. The predicted molar refractivity (Wildman–Crippen MR) is 105 cm³/mol. The van der Waals surface area contributed by atoms with E-state index in [2.05, 4.69) is 0 Å². The number of piperazine rings is 1. The van der Waals surface area contributed by atoms with E-state index < -0.39 is 0 Å². The number of likely N-dealkylation sites (N-methyl/N-ethyl adjacent to an activating group) is 1. The molecule has 1 N–H and O–H groups in total. The topological polar surface area (TPSA) is 54.3 Å². The predicted octanol–water partition coefficient (Wildman–Crippen LogP) is 0.756. The second-order valence-electron chi connectivity index (χ2n) is 6.76. The fraction of sp³-hybridized carbons (Fsp3) is 0.400. The molecular weight excluding hydrogens is 362 g/mol. The van der Waals surface area contributed by atoms with Gasteiger partial charge < -0.3 is 19.4 Å². The Hall–Kier alpha value is -2.38. The molecule has 1 aromatic heterocycles. The number of thiophene rings is 1. The molecule has 0 aliphatic carbocycles. The van der Waals surface area contributed by atoms with Crippen molar-refractivity contribution in [2.24, 2.45) is 0 Å². The molecule has 144 valence electrons. The Morgan fingerprint density at radius 2 is 1.93 bits per heavy atom. The summed E-state index contributed by atoms with van der Waals surface area (Å²) in [6.45, 7) is 3.95. The number of hydrogen-bond acceptors (Lipinski definition) is 4. The average molecular weight is 389 g/mol. The van der Waals surface area contributed by atoms with E-state index in [9.17, 15) is 9.59 Å². The summed E-state index contributed by atoms with van der Waals surface area (Å²) in [6.07, 6.45) is 0. The van der Waals surface area contributed by atoms with Crippen molar-refractivity contribution in [1.29, 1.82) is 0 Å². The molecule has 7 heteroatoms. The SMILES string of the molecule is COc1ccccc1CN(C)C(=O)C[NH+]1CCN(C(=O)c2cccs2)CC1. The highest BCUT2D eigenvalue weighted by molar-refractivity contribution is 7.12. The molecule has 0 radical (unpaired) electrons. The first-order valence-electron chi connectivity index (χ1n) is 9.10. The second-order valence-corrected chi connectivity index (χ2v) is 7.71. The molecule has 0 unspecified atom stereocenters. The van der Waals surface area contributed by atoms with Crippen LogP contribution in [0.2, 0.25) is 0 Å². The summed E-state index contributed by atoms with van der Waals surface area (Å²) >= 11 is 1.47. The molecule has 0 bridgehead atoms. The lowest BCUT2D eigenvalue weighted by Gasteiger charge is -2.32. The van der Waals surface area contributed by atoms with Crippen LogP contribution in [0.25, 0.3) is 0 Å². The third-order valence-corrected chi connectivity index (χ3v) is 5.77. The zero-order valence-electron chi connectivity index (χ0n) is 15.8. The van der Waals surface area contributed by atoms with Gasteiger partial charge in [-0.15, -0.1) is 11.3 Å². The molecule has 1 aliphatic heterocycles. The van der Waals surface area contributed by atoms with Gasteiger partial charge in [0.2, 0.25) is 0 Å². The van der Waals surface area contributed by atoms with E-state index in [0.717, 1.165) is 29.3 Å². The first-order valence-corrected chi connectivity index (χ1v) is 9.98. The van der Waals surface area contributed by atoms with Crippen LogP contribution in [-0.4, -0.2) is 68.5 Å².